The predicted molar refractivity (Wildman–Crippen MR) is 126 cm³/mol. The van der Waals surface area contributed by atoms with Crippen molar-refractivity contribution in [2.45, 2.75) is 51.9 Å². The predicted octanol–water partition coefficient (Wildman–Crippen LogP) is 8.85. The van der Waals surface area contributed by atoms with Crippen LogP contribution in [0.5, 0.6) is 0 Å². The van der Waals surface area contributed by atoms with Crippen LogP contribution >= 0.6 is 0 Å². The van der Waals surface area contributed by atoms with Crippen LogP contribution in [0.15, 0.2) is 66.7 Å². The Morgan fingerprint density at radius 3 is 2.06 bits per heavy atom. The van der Waals surface area contributed by atoms with Gasteiger partial charge in [-0.2, -0.15) is 0 Å². The zero-order chi connectivity index (χ0) is 22.7. The highest BCUT2D eigenvalue weighted by molar-refractivity contribution is 5.71. The Labute approximate surface area is 188 Å². The fourth-order valence-electron chi connectivity index (χ4n) is 4.86. The highest BCUT2D eigenvalue weighted by Gasteiger charge is 2.23. The topological polar surface area (TPSA) is 0 Å². The van der Waals surface area contributed by atoms with Gasteiger partial charge in [0.15, 0.2) is 11.6 Å². The van der Waals surface area contributed by atoms with Gasteiger partial charge >= 0.3 is 0 Å². The second-order valence-electron chi connectivity index (χ2n) is 8.70. The van der Waals surface area contributed by atoms with E-state index < -0.39 is 11.6 Å². The molecule has 1 fully saturated rings. The number of hydrogen-bond donors (Lipinski definition) is 0. The molecule has 0 amide bonds. The van der Waals surface area contributed by atoms with Crippen LogP contribution in [-0.2, 0) is 6.42 Å². The van der Waals surface area contributed by atoms with Gasteiger partial charge in [-0.3, -0.25) is 0 Å². The average Bonchev–Trinajstić information content (AvgIpc) is 2.82. The molecule has 32 heavy (non-hydrogen) atoms. The van der Waals surface area contributed by atoms with Gasteiger partial charge in [-0.25, -0.2) is 13.2 Å². The van der Waals surface area contributed by atoms with Crippen molar-refractivity contribution < 1.29 is 13.2 Å². The minimum Gasteiger partial charge on any atom is -0.207 e. The molecular formula is C29H29F3. The van der Waals surface area contributed by atoms with Crippen molar-refractivity contribution in [2.24, 2.45) is 5.92 Å². The molecule has 3 aromatic rings. The van der Waals surface area contributed by atoms with E-state index in [1.54, 1.807) is 37.3 Å². The Balaban J connectivity index is 1.53. The van der Waals surface area contributed by atoms with Gasteiger partial charge < -0.3 is 0 Å². The molecular weight excluding hydrogens is 405 g/mol. The van der Waals surface area contributed by atoms with Gasteiger partial charge in [0.05, 0.1) is 0 Å². The molecule has 0 nitrogen and oxygen atoms in total. The molecule has 0 aromatic heterocycles. The van der Waals surface area contributed by atoms with Crippen molar-refractivity contribution in [2.75, 3.05) is 0 Å². The van der Waals surface area contributed by atoms with E-state index in [4.69, 9.17) is 0 Å². The molecule has 0 bridgehead atoms. The van der Waals surface area contributed by atoms with Crippen molar-refractivity contribution >= 4 is 0 Å². The monoisotopic (exact) mass is 434 g/mol. The first kappa shape index (κ1) is 22.4. The summed E-state index contributed by atoms with van der Waals surface area (Å²) in [6.07, 6.45) is 9.05. The van der Waals surface area contributed by atoms with Gasteiger partial charge in [0.25, 0.3) is 0 Å². The molecule has 4 rings (SSSR count). The lowest BCUT2D eigenvalue weighted by atomic mass is 9.78. The van der Waals surface area contributed by atoms with Crippen molar-refractivity contribution in [1.29, 1.82) is 0 Å². The van der Waals surface area contributed by atoms with Crippen LogP contribution in [0.3, 0.4) is 0 Å². The van der Waals surface area contributed by atoms with Crippen molar-refractivity contribution in [3.05, 3.63) is 95.3 Å². The van der Waals surface area contributed by atoms with E-state index in [2.05, 4.69) is 12.2 Å². The van der Waals surface area contributed by atoms with E-state index in [1.807, 2.05) is 31.2 Å². The van der Waals surface area contributed by atoms with Gasteiger partial charge in [0, 0.05) is 5.56 Å². The Morgan fingerprint density at radius 1 is 0.781 bits per heavy atom. The van der Waals surface area contributed by atoms with Crippen LogP contribution in [0.25, 0.3) is 22.3 Å². The van der Waals surface area contributed by atoms with E-state index in [0.29, 0.717) is 23.5 Å². The SMILES string of the molecule is CC=CC1CCC(c2ccc(-c3ccc(-c4ccc(CC)c(F)c4F)cc3)cc2F)CC1. The Morgan fingerprint density at radius 2 is 1.44 bits per heavy atom. The smallest absolute Gasteiger partial charge is 0.166 e. The molecule has 1 aliphatic rings. The zero-order valence-electron chi connectivity index (χ0n) is 18.7. The minimum atomic E-state index is -0.823. The zero-order valence-corrected chi connectivity index (χ0v) is 18.7. The standard InChI is InChI=1S/C29H29F3/c1-3-5-19-6-8-22(9-7-19)25-16-15-24(18-27(25)30)21-10-12-23(13-11-21)26-17-14-20(4-2)28(31)29(26)32/h3,5,10-19,22H,4,6-9H2,1-2H3. The molecule has 3 aromatic carbocycles. The maximum absolute atomic E-state index is 15.0. The normalized spacial score (nSPS) is 18.9. The van der Waals surface area contributed by atoms with Crippen LogP contribution in [-0.4, -0.2) is 0 Å². The van der Waals surface area contributed by atoms with Crippen LogP contribution in [0.1, 0.15) is 56.6 Å². The van der Waals surface area contributed by atoms with Crippen LogP contribution in [0.2, 0.25) is 0 Å². The van der Waals surface area contributed by atoms with E-state index in [0.717, 1.165) is 42.4 Å². The molecule has 0 N–H and O–H groups in total. The summed E-state index contributed by atoms with van der Waals surface area (Å²) < 4.78 is 43.6. The fraction of sp³-hybridized carbons (Fsp3) is 0.310. The lowest BCUT2D eigenvalue weighted by molar-refractivity contribution is 0.368. The largest absolute Gasteiger partial charge is 0.207 e. The molecule has 1 saturated carbocycles. The summed E-state index contributed by atoms with van der Waals surface area (Å²) in [5.41, 5.74) is 3.64. The van der Waals surface area contributed by atoms with Crippen LogP contribution in [0, 0.1) is 23.4 Å². The summed E-state index contributed by atoms with van der Waals surface area (Å²) in [6, 6.07) is 15.9. The van der Waals surface area contributed by atoms with Crippen LogP contribution < -0.4 is 0 Å². The Hall–Kier alpha value is -2.81. The second kappa shape index (κ2) is 9.77. The molecule has 166 valence electrons. The lowest BCUT2D eigenvalue weighted by Crippen LogP contribution is -2.12. The number of halogens is 3. The van der Waals surface area contributed by atoms with Gasteiger partial charge in [-0.15, -0.1) is 0 Å². The van der Waals surface area contributed by atoms with E-state index in [-0.39, 0.29) is 17.3 Å². The number of benzene rings is 3. The first-order chi connectivity index (χ1) is 15.5. The van der Waals surface area contributed by atoms with E-state index >= 15 is 0 Å². The number of hydrogen-bond acceptors (Lipinski definition) is 0. The summed E-state index contributed by atoms with van der Waals surface area (Å²) in [4.78, 5) is 0. The number of aryl methyl sites for hydroxylation is 1. The highest BCUT2D eigenvalue weighted by Crippen LogP contribution is 2.38. The molecule has 0 atom stereocenters. The maximum Gasteiger partial charge on any atom is 0.166 e. The number of rotatable bonds is 5. The molecule has 3 heteroatoms. The molecule has 0 unspecified atom stereocenters. The molecule has 0 radical (unpaired) electrons. The fourth-order valence-corrected chi connectivity index (χ4v) is 4.86. The molecule has 1 aliphatic carbocycles. The van der Waals surface area contributed by atoms with Gasteiger partial charge in [0.1, 0.15) is 5.82 Å². The summed E-state index contributed by atoms with van der Waals surface area (Å²) >= 11 is 0. The molecule has 0 spiro atoms. The van der Waals surface area contributed by atoms with Crippen molar-refractivity contribution in [3.8, 4) is 22.3 Å². The van der Waals surface area contributed by atoms with E-state index in [9.17, 15) is 13.2 Å². The van der Waals surface area contributed by atoms with Crippen LogP contribution in [0.4, 0.5) is 13.2 Å². The van der Waals surface area contributed by atoms with Gasteiger partial charge in [-0.1, -0.05) is 67.6 Å². The van der Waals surface area contributed by atoms with E-state index in [1.165, 1.54) is 0 Å². The Bertz CT molecular complexity index is 1100. The summed E-state index contributed by atoms with van der Waals surface area (Å²) in [5.74, 6) is -0.877. The van der Waals surface area contributed by atoms with Crippen molar-refractivity contribution in [1.82, 2.24) is 0 Å². The number of allylic oxidation sites excluding steroid dienone is 2. The van der Waals surface area contributed by atoms with Gasteiger partial charge in [-0.05, 0) is 84.7 Å². The molecule has 0 saturated heterocycles. The quantitative estimate of drug-likeness (QED) is 0.352. The third-order valence-corrected chi connectivity index (χ3v) is 6.75. The minimum absolute atomic E-state index is 0.163. The second-order valence-corrected chi connectivity index (χ2v) is 8.70. The lowest BCUT2D eigenvalue weighted by Gasteiger charge is -2.27. The average molecular weight is 435 g/mol. The maximum atomic E-state index is 15.0. The van der Waals surface area contributed by atoms with Crippen molar-refractivity contribution in [3.63, 3.8) is 0 Å². The third kappa shape index (κ3) is 4.53. The van der Waals surface area contributed by atoms with Gasteiger partial charge in [0.2, 0.25) is 0 Å². The third-order valence-electron chi connectivity index (χ3n) is 6.75. The first-order valence-corrected chi connectivity index (χ1v) is 11.5. The molecule has 0 heterocycles. The summed E-state index contributed by atoms with van der Waals surface area (Å²) in [5, 5.41) is 0. The first-order valence-electron chi connectivity index (χ1n) is 11.5. The summed E-state index contributed by atoms with van der Waals surface area (Å²) in [7, 11) is 0. The highest BCUT2D eigenvalue weighted by atomic mass is 19.2. The summed E-state index contributed by atoms with van der Waals surface area (Å²) in [6.45, 7) is 3.85. The molecule has 0 aliphatic heterocycles. The Kier molecular flexibility index (Phi) is 6.83.